The fourth-order valence-electron chi connectivity index (χ4n) is 4.46. The second kappa shape index (κ2) is 10.5. The Kier molecular flexibility index (Phi) is 7.25. The van der Waals surface area contributed by atoms with Crippen molar-refractivity contribution in [2.75, 3.05) is 32.7 Å². The highest BCUT2D eigenvalue weighted by molar-refractivity contribution is 5.96. The Bertz CT molecular complexity index is 865. The molecule has 2 aromatic heterocycles. The number of nitrogens with one attached hydrogen (secondary N) is 1. The van der Waals surface area contributed by atoms with Crippen LogP contribution in [0.1, 0.15) is 59.8 Å². The molecule has 2 fully saturated rings. The number of rotatable bonds is 6. The van der Waals surface area contributed by atoms with Crippen LogP contribution in [-0.2, 0) is 11.3 Å². The molecule has 1 N–H and O–H groups in total. The van der Waals surface area contributed by atoms with Gasteiger partial charge in [-0.3, -0.25) is 24.5 Å². The summed E-state index contributed by atoms with van der Waals surface area (Å²) >= 11 is 0. The van der Waals surface area contributed by atoms with Gasteiger partial charge in [-0.25, -0.2) is 0 Å². The maximum atomic E-state index is 12.4. The zero-order chi connectivity index (χ0) is 21.5. The molecule has 2 saturated heterocycles. The predicted octanol–water partition coefficient (Wildman–Crippen LogP) is 2.60. The number of carbonyl (C=O) groups is 2. The third-order valence-corrected chi connectivity index (χ3v) is 6.19. The van der Waals surface area contributed by atoms with Crippen molar-refractivity contribution in [1.82, 2.24) is 25.1 Å². The van der Waals surface area contributed by atoms with Gasteiger partial charge in [-0.1, -0.05) is 6.07 Å². The standard InChI is InChI=1S/C24H31N5O2/c30-23(29-13-4-1-5-14-29)16-27-24(31)19-9-10-22(26-15-19)20-7-6-12-28(17-20)18-21-8-2-3-11-25-21/h2-3,8-11,15,20H,1,4-7,12-14,16-18H2,(H,27,31)/t20-/m1/s1. The zero-order valence-corrected chi connectivity index (χ0v) is 18.0. The Morgan fingerprint density at radius 2 is 1.87 bits per heavy atom. The number of hydrogen-bond donors (Lipinski definition) is 1. The van der Waals surface area contributed by atoms with E-state index in [4.69, 9.17) is 0 Å². The summed E-state index contributed by atoms with van der Waals surface area (Å²) in [4.78, 5) is 38.0. The van der Waals surface area contributed by atoms with Gasteiger partial charge in [-0.15, -0.1) is 0 Å². The number of hydrogen-bond acceptors (Lipinski definition) is 5. The quantitative estimate of drug-likeness (QED) is 0.776. The minimum atomic E-state index is -0.246. The molecule has 0 bridgehead atoms. The molecule has 0 aliphatic carbocycles. The zero-order valence-electron chi connectivity index (χ0n) is 18.0. The van der Waals surface area contributed by atoms with E-state index in [1.165, 1.54) is 6.42 Å². The minimum absolute atomic E-state index is 0.00664. The third kappa shape index (κ3) is 5.88. The molecule has 0 spiro atoms. The van der Waals surface area contributed by atoms with Crippen molar-refractivity contribution in [2.24, 2.45) is 0 Å². The van der Waals surface area contributed by atoms with E-state index >= 15 is 0 Å². The summed E-state index contributed by atoms with van der Waals surface area (Å²) in [6.07, 6.45) is 8.96. The highest BCUT2D eigenvalue weighted by atomic mass is 16.2. The molecule has 2 aliphatic heterocycles. The maximum absolute atomic E-state index is 12.4. The summed E-state index contributed by atoms with van der Waals surface area (Å²) < 4.78 is 0. The lowest BCUT2D eigenvalue weighted by Gasteiger charge is -2.32. The van der Waals surface area contributed by atoms with Gasteiger partial charge in [0.2, 0.25) is 5.91 Å². The molecule has 4 rings (SSSR count). The first-order chi connectivity index (χ1) is 15.2. The van der Waals surface area contributed by atoms with Gasteiger partial charge in [0.1, 0.15) is 0 Å². The molecule has 1 atom stereocenters. The normalized spacial score (nSPS) is 19.7. The van der Waals surface area contributed by atoms with E-state index in [0.717, 1.165) is 69.8 Å². The first kappa shape index (κ1) is 21.4. The molecule has 7 nitrogen and oxygen atoms in total. The Labute approximate surface area is 183 Å². The topological polar surface area (TPSA) is 78.4 Å². The van der Waals surface area contributed by atoms with Crippen LogP contribution in [0.4, 0.5) is 0 Å². The van der Waals surface area contributed by atoms with Gasteiger partial charge in [0, 0.05) is 50.2 Å². The van der Waals surface area contributed by atoms with Crippen LogP contribution in [0, 0.1) is 0 Å². The highest BCUT2D eigenvalue weighted by Crippen LogP contribution is 2.26. The van der Waals surface area contributed by atoms with Gasteiger partial charge < -0.3 is 10.2 Å². The molecule has 4 heterocycles. The van der Waals surface area contributed by atoms with Gasteiger partial charge in [-0.05, 0) is 62.9 Å². The molecule has 7 heteroatoms. The van der Waals surface area contributed by atoms with Crippen LogP contribution in [0.15, 0.2) is 42.7 Å². The first-order valence-electron chi connectivity index (χ1n) is 11.3. The van der Waals surface area contributed by atoms with E-state index in [-0.39, 0.29) is 18.4 Å². The van der Waals surface area contributed by atoms with Crippen LogP contribution < -0.4 is 5.32 Å². The van der Waals surface area contributed by atoms with Gasteiger partial charge in [0.15, 0.2) is 0 Å². The molecule has 0 saturated carbocycles. The molecule has 0 unspecified atom stereocenters. The number of carbonyl (C=O) groups excluding carboxylic acids is 2. The average Bonchev–Trinajstić information content (AvgIpc) is 2.84. The molecule has 31 heavy (non-hydrogen) atoms. The lowest BCUT2D eigenvalue weighted by atomic mass is 9.94. The van der Waals surface area contributed by atoms with Gasteiger partial charge >= 0.3 is 0 Å². The van der Waals surface area contributed by atoms with E-state index in [9.17, 15) is 9.59 Å². The van der Waals surface area contributed by atoms with Gasteiger partial charge in [-0.2, -0.15) is 0 Å². The van der Waals surface area contributed by atoms with Crippen molar-refractivity contribution in [1.29, 1.82) is 0 Å². The summed E-state index contributed by atoms with van der Waals surface area (Å²) in [5.74, 6) is 0.105. The van der Waals surface area contributed by atoms with Crippen molar-refractivity contribution in [3.05, 3.63) is 59.7 Å². The minimum Gasteiger partial charge on any atom is -0.343 e. The third-order valence-electron chi connectivity index (χ3n) is 6.19. The Hall–Kier alpha value is -2.80. The van der Waals surface area contributed by atoms with E-state index in [1.807, 2.05) is 35.4 Å². The fraction of sp³-hybridized carbons (Fsp3) is 0.500. The summed E-state index contributed by atoms with van der Waals surface area (Å²) in [5, 5.41) is 2.74. The smallest absolute Gasteiger partial charge is 0.253 e. The van der Waals surface area contributed by atoms with Crippen molar-refractivity contribution < 1.29 is 9.59 Å². The number of aromatic nitrogens is 2. The molecule has 164 valence electrons. The Balaban J connectivity index is 1.29. The Morgan fingerprint density at radius 3 is 2.61 bits per heavy atom. The summed E-state index contributed by atoms with van der Waals surface area (Å²) in [6, 6.07) is 9.80. The van der Waals surface area contributed by atoms with E-state index in [1.54, 1.807) is 6.20 Å². The number of amides is 2. The van der Waals surface area contributed by atoms with Crippen molar-refractivity contribution >= 4 is 11.8 Å². The second-order valence-electron chi connectivity index (χ2n) is 8.49. The summed E-state index contributed by atoms with van der Waals surface area (Å²) in [5.41, 5.74) is 2.60. The monoisotopic (exact) mass is 421 g/mol. The molecule has 2 aliphatic rings. The lowest BCUT2D eigenvalue weighted by Crippen LogP contribution is -2.42. The van der Waals surface area contributed by atoms with E-state index < -0.39 is 0 Å². The first-order valence-corrected chi connectivity index (χ1v) is 11.3. The number of nitrogens with zero attached hydrogens (tertiary/aromatic N) is 4. The van der Waals surface area contributed by atoms with Crippen LogP contribution in [0.5, 0.6) is 0 Å². The van der Waals surface area contributed by atoms with Crippen LogP contribution in [0.25, 0.3) is 0 Å². The average molecular weight is 422 g/mol. The molecule has 2 aromatic rings. The lowest BCUT2D eigenvalue weighted by molar-refractivity contribution is -0.130. The van der Waals surface area contributed by atoms with Gasteiger partial charge in [0.25, 0.3) is 5.91 Å². The highest BCUT2D eigenvalue weighted by Gasteiger charge is 2.23. The Morgan fingerprint density at radius 1 is 1.00 bits per heavy atom. The molecule has 0 aromatic carbocycles. The maximum Gasteiger partial charge on any atom is 0.253 e. The molecule has 0 radical (unpaired) electrons. The van der Waals surface area contributed by atoms with Crippen molar-refractivity contribution in [3.63, 3.8) is 0 Å². The summed E-state index contributed by atoms with van der Waals surface area (Å²) in [6.45, 7) is 4.50. The molecule has 2 amide bonds. The van der Waals surface area contributed by atoms with Crippen molar-refractivity contribution in [3.8, 4) is 0 Å². The van der Waals surface area contributed by atoms with Crippen LogP contribution in [0.3, 0.4) is 0 Å². The van der Waals surface area contributed by atoms with Crippen molar-refractivity contribution in [2.45, 2.75) is 44.6 Å². The molecular weight excluding hydrogens is 390 g/mol. The van der Waals surface area contributed by atoms with Gasteiger partial charge in [0.05, 0.1) is 17.8 Å². The fourth-order valence-corrected chi connectivity index (χ4v) is 4.46. The van der Waals surface area contributed by atoms with E-state index in [0.29, 0.717) is 11.5 Å². The summed E-state index contributed by atoms with van der Waals surface area (Å²) in [7, 11) is 0. The van der Waals surface area contributed by atoms with Crippen LogP contribution in [0.2, 0.25) is 0 Å². The van der Waals surface area contributed by atoms with Crippen LogP contribution >= 0.6 is 0 Å². The number of pyridine rings is 2. The second-order valence-corrected chi connectivity index (χ2v) is 8.49. The van der Waals surface area contributed by atoms with E-state index in [2.05, 4.69) is 26.3 Å². The largest absolute Gasteiger partial charge is 0.343 e. The molecular formula is C24H31N5O2. The number of piperidine rings is 2. The SMILES string of the molecule is O=C(NCC(=O)N1CCCCC1)c1ccc([C@@H]2CCCN(Cc3ccccn3)C2)nc1. The number of likely N-dealkylation sites (tertiary alicyclic amines) is 2. The van der Waals surface area contributed by atoms with Crippen LogP contribution in [-0.4, -0.2) is 64.3 Å². The predicted molar refractivity (Wildman–Crippen MR) is 118 cm³/mol.